The quantitative estimate of drug-likeness (QED) is 0.680. The van der Waals surface area contributed by atoms with Gasteiger partial charge in [0.15, 0.2) is 10.9 Å². The van der Waals surface area contributed by atoms with Gasteiger partial charge in [0.2, 0.25) is 5.91 Å². The van der Waals surface area contributed by atoms with Gasteiger partial charge in [0.25, 0.3) is 5.91 Å². The summed E-state index contributed by atoms with van der Waals surface area (Å²) in [6.45, 7) is 1.78. The van der Waals surface area contributed by atoms with Crippen LogP contribution in [0.3, 0.4) is 0 Å². The fourth-order valence-corrected chi connectivity index (χ4v) is 3.06. The Morgan fingerprint density at radius 2 is 2.04 bits per heavy atom. The smallest absolute Gasteiger partial charge is 0.257 e. The lowest BCUT2D eigenvalue weighted by molar-refractivity contribution is -0.119. The number of nitrogens with one attached hydrogen (secondary N) is 2. The predicted molar refractivity (Wildman–Crippen MR) is 106 cm³/mol. The molecule has 2 aromatic heterocycles. The molecule has 8 heteroatoms. The van der Waals surface area contributed by atoms with E-state index in [4.69, 9.17) is 4.42 Å². The Morgan fingerprint density at radius 3 is 2.78 bits per heavy atom. The second-order valence-corrected chi connectivity index (χ2v) is 6.97. The number of carbonyl (C=O) groups excluding carboxylic acids is 2. The van der Waals surface area contributed by atoms with Crippen molar-refractivity contribution in [2.24, 2.45) is 0 Å². The molecular weight excluding hydrogens is 364 g/mol. The van der Waals surface area contributed by atoms with Crippen LogP contribution in [0.15, 0.2) is 46.2 Å². The van der Waals surface area contributed by atoms with Crippen LogP contribution >= 0.6 is 11.3 Å². The molecule has 0 aliphatic carbocycles. The average molecular weight is 384 g/mol. The number of furan rings is 1. The van der Waals surface area contributed by atoms with Crippen molar-refractivity contribution in [1.82, 2.24) is 10.3 Å². The Kier molecular flexibility index (Phi) is 5.56. The predicted octanol–water partition coefficient (Wildman–Crippen LogP) is 3.36. The minimum Gasteiger partial charge on any atom is -0.458 e. The Hall–Kier alpha value is -3.13. The van der Waals surface area contributed by atoms with Crippen molar-refractivity contribution in [2.45, 2.75) is 13.5 Å². The molecule has 2 N–H and O–H groups in total. The molecule has 2 heterocycles. The van der Waals surface area contributed by atoms with Gasteiger partial charge in [-0.25, -0.2) is 4.98 Å². The summed E-state index contributed by atoms with van der Waals surface area (Å²) in [5.41, 5.74) is 2.14. The SMILES string of the molecule is CC(=O)NCc1ccc(-c2csc(NC(=O)c3cccc(N(C)C)c3)n2)o1. The minimum absolute atomic E-state index is 0.120. The van der Waals surface area contributed by atoms with Crippen molar-refractivity contribution in [3.8, 4) is 11.5 Å². The van der Waals surface area contributed by atoms with Crippen LogP contribution in [0, 0.1) is 0 Å². The molecule has 3 rings (SSSR count). The molecule has 140 valence electrons. The van der Waals surface area contributed by atoms with Crippen molar-refractivity contribution < 1.29 is 14.0 Å². The summed E-state index contributed by atoms with van der Waals surface area (Å²) in [6.07, 6.45) is 0. The maximum Gasteiger partial charge on any atom is 0.257 e. The van der Waals surface area contributed by atoms with Crippen LogP contribution in [0.4, 0.5) is 10.8 Å². The minimum atomic E-state index is -0.217. The number of amides is 2. The molecule has 0 radical (unpaired) electrons. The number of benzene rings is 1. The van der Waals surface area contributed by atoms with Gasteiger partial charge >= 0.3 is 0 Å². The first-order valence-electron chi connectivity index (χ1n) is 8.30. The van der Waals surface area contributed by atoms with Crippen LogP contribution in [-0.4, -0.2) is 30.9 Å². The van der Waals surface area contributed by atoms with Crippen LogP contribution in [0.5, 0.6) is 0 Å². The van der Waals surface area contributed by atoms with Crippen LogP contribution in [0.1, 0.15) is 23.0 Å². The van der Waals surface area contributed by atoms with Gasteiger partial charge in [-0.3, -0.25) is 14.9 Å². The van der Waals surface area contributed by atoms with Crippen molar-refractivity contribution in [3.05, 3.63) is 53.1 Å². The molecule has 1 aromatic carbocycles. The molecular formula is C19H20N4O3S. The summed E-state index contributed by atoms with van der Waals surface area (Å²) in [5.74, 6) is 0.885. The molecule has 0 aliphatic rings. The van der Waals surface area contributed by atoms with Crippen molar-refractivity contribution in [3.63, 3.8) is 0 Å². The van der Waals surface area contributed by atoms with Crippen LogP contribution in [-0.2, 0) is 11.3 Å². The van der Waals surface area contributed by atoms with E-state index in [-0.39, 0.29) is 11.8 Å². The lowest BCUT2D eigenvalue weighted by Crippen LogP contribution is -2.18. The van der Waals surface area contributed by atoms with Crippen molar-refractivity contribution in [2.75, 3.05) is 24.3 Å². The molecule has 0 saturated carbocycles. The second-order valence-electron chi connectivity index (χ2n) is 6.11. The number of hydrogen-bond donors (Lipinski definition) is 2. The number of nitrogens with zero attached hydrogens (tertiary/aromatic N) is 2. The molecule has 2 amide bonds. The molecule has 7 nitrogen and oxygen atoms in total. The van der Waals surface area contributed by atoms with E-state index in [0.717, 1.165) is 5.69 Å². The number of anilines is 2. The molecule has 0 bridgehead atoms. The van der Waals surface area contributed by atoms with Gasteiger partial charge in [0.1, 0.15) is 11.5 Å². The third-order valence-electron chi connectivity index (χ3n) is 3.78. The number of thiazole rings is 1. The molecule has 0 unspecified atom stereocenters. The largest absolute Gasteiger partial charge is 0.458 e. The van der Waals surface area contributed by atoms with E-state index in [2.05, 4.69) is 15.6 Å². The molecule has 3 aromatic rings. The van der Waals surface area contributed by atoms with Crippen LogP contribution in [0.2, 0.25) is 0 Å². The first kappa shape index (κ1) is 18.7. The van der Waals surface area contributed by atoms with Gasteiger partial charge in [-0.2, -0.15) is 0 Å². The summed E-state index contributed by atoms with van der Waals surface area (Å²) in [7, 11) is 3.85. The fourth-order valence-electron chi connectivity index (χ4n) is 2.36. The van der Waals surface area contributed by atoms with Crippen molar-refractivity contribution in [1.29, 1.82) is 0 Å². The van der Waals surface area contributed by atoms with Gasteiger partial charge in [-0.1, -0.05) is 6.07 Å². The first-order valence-corrected chi connectivity index (χ1v) is 9.18. The lowest BCUT2D eigenvalue weighted by atomic mass is 10.2. The van der Waals surface area contributed by atoms with Gasteiger partial charge in [-0.15, -0.1) is 11.3 Å². The first-order chi connectivity index (χ1) is 12.9. The Morgan fingerprint density at radius 1 is 1.22 bits per heavy atom. The van der Waals surface area contributed by atoms with E-state index in [1.807, 2.05) is 42.6 Å². The fraction of sp³-hybridized carbons (Fsp3) is 0.211. The van der Waals surface area contributed by atoms with Gasteiger partial charge in [-0.05, 0) is 30.3 Å². The van der Waals surface area contributed by atoms with E-state index in [0.29, 0.717) is 34.5 Å². The van der Waals surface area contributed by atoms with Gasteiger partial charge in [0.05, 0.1) is 6.54 Å². The number of aromatic nitrogens is 1. The highest BCUT2D eigenvalue weighted by Gasteiger charge is 2.13. The van der Waals surface area contributed by atoms with Gasteiger partial charge < -0.3 is 14.6 Å². The summed E-state index contributed by atoms with van der Waals surface area (Å²) in [5, 5.41) is 7.79. The maximum atomic E-state index is 12.5. The zero-order valence-electron chi connectivity index (χ0n) is 15.3. The zero-order valence-corrected chi connectivity index (χ0v) is 16.1. The average Bonchev–Trinajstić information content (AvgIpc) is 3.29. The maximum absolute atomic E-state index is 12.5. The molecule has 0 atom stereocenters. The standard InChI is InChI=1S/C19H20N4O3S/c1-12(24)20-10-15-7-8-17(26-15)16-11-27-19(21-16)22-18(25)13-5-4-6-14(9-13)23(2)3/h4-9,11H,10H2,1-3H3,(H,20,24)(H,21,22,25). The number of carbonyl (C=O) groups is 2. The number of hydrogen-bond acceptors (Lipinski definition) is 6. The van der Waals surface area contributed by atoms with Gasteiger partial charge in [0, 0.05) is 37.6 Å². The lowest BCUT2D eigenvalue weighted by Gasteiger charge is -2.13. The summed E-state index contributed by atoms with van der Waals surface area (Å²) < 4.78 is 5.68. The normalized spacial score (nSPS) is 10.5. The Bertz CT molecular complexity index is 961. The third-order valence-corrected chi connectivity index (χ3v) is 4.53. The third kappa shape index (κ3) is 4.73. The zero-order chi connectivity index (χ0) is 19.4. The highest BCUT2D eigenvalue weighted by molar-refractivity contribution is 7.14. The van der Waals surface area contributed by atoms with E-state index in [9.17, 15) is 9.59 Å². The second kappa shape index (κ2) is 8.05. The number of rotatable bonds is 6. The van der Waals surface area contributed by atoms with Crippen LogP contribution in [0.25, 0.3) is 11.5 Å². The highest BCUT2D eigenvalue weighted by atomic mass is 32.1. The van der Waals surface area contributed by atoms with E-state index in [1.54, 1.807) is 18.2 Å². The topological polar surface area (TPSA) is 87.5 Å². The summed E-state index contributed by atoms with van der Waals surface area (Å²) >= 11 is 1.32. The molecule has 0 aliphatic heterocycles. The van der Waals surface area contributed by atoms with E-state index >= 15 is 0 Å². The van der Waals surface area contributed by atoms with E-state index < -0.39 is 0 Å². The van der Waals surface area contributed by atoms with Crippen LogP contribution < -0.4 is 15.5 Å². The van der Waals surface area contributed by atoms with Crippen molar-refractivity contribution >= 4 is 34.0 Å². The molecule has 0 saturated heterocycles. The Labute approximate surface area is 161 Å². The highest BCUT2D eigenvalue weighted by Crippen LogP contribution is 2.27. The Balaban J connectivity index is 1.68. The summed E-state index contributed by atoms with van der Waals surface area (Å²) in [6, 6.07) is 10.9. The van der Waals surface area contributed by atoms with E-state index in [1.165, 1.54) is 18.3 Å². The summed E-state index contributed by atoms with van der Waals surface area (Å²) in [4.78, 5) is 29.8. The molecule has 0 spiro atoms. The monoisotopic (exact) mass is 384 g/mol. The molecule has 27 heavy (non-hydrogen) atoms. The molecule has 0 fully saturated rings.